The second-order valence-corrected chi connectivity index (χ2v) is 2.32. The molecule has 5 heteroatoms. The maximum Gasteiger partial charge on any atom is 0.260 e. The third kappa shape index (κ3) is 0.763. The first-order valence-electron chi connectivity index (χ1n) is 3.33. The van der Waals surface area contributed by atoms with Gasteiger partial charge in [-0.1, -0.05) is 0 Å². The number of nitrogens with one attached hydrogen (secondary N) is 2. The molecule has 0 aromatic carbocycles. The lowest BCUT2D eigenvalue weighted by Gasteiger charge is -1.85. The van der Waals surface area contributed by atoms with E-state index < -0.39 is 0 Å². The normalized spacial score (nSPS) is 10.3. The average Bonchev–Trinajstić information content (AvgIpc) is 2.49. The molecule has 2 heterocycles. The Morgan fingerprint density at radius 3 is 3.00 bits per heavy atom. The highest BCUT2D eigenvalue weighted by Crippen LogP contribution is 2.07. The fourth-order valence-corrected chi connectivity index (χ4v) is 1.09. The highest BCUT2D eigenvalue weighted by atomic mass is 16.1. The number of aromatic nitrogens is 3. The minimum atomic E-state index is -0.302. The van der Waals surface area contributed by atoms with Crippen LogP contribution in [0, 0.1) is 0 Å². The molecule has 12 heavy (non-hydrogen) atoms. The van der Waals surface area contributed by atoms with Gasteiger partial charge >= 0.3 is 0 Å². The molecule has 0 saturated heterocycles. The Balaban J connectivity index is 3.02. The summed E-state index contributed by atoms with van der Waals surface area (Å²) in [5, 5.41) is 0.313. The van der Waals surface area contributed by atoms with Gasteiger partial charge in [0.15, 0.2) is 6.29 Å². The Hall–Kier alpha value is -1.91. The van der Waals surface area contributed by atoms with Crippen molar-refractivity contribution in [1.82, 2.24) is 15.0 Å². The van der Waals surface area contributed by atoms with Gasteiger partial charge in [0.2, 0.25) is 0 Å². The van der Waals surface area contributed by atoms with Crippen molar-refractivity contribution in [2.24, 2.45) is 0 Å². The van der Waals surface area contributed by atoms with Crippen LogP contribution in [0.25, 0.3) is 11.0 Å². The Morgan fingerprint density at radius 1 is 1.42 bits per heavy atom. The quantitative estimate of drug-likeness (QED) is 0.583. The van der Waals surface area contributed by atoms with Gasteiger partial charge in [-0.05, 0) is 0 Å². The van der Waals surface area contributed by atoms with E-state index in [1.54, 1.807) is 0 Å². The van der Waals surface area contributed by atoms with Crippen molar-refractivity contribution >= 4 is 17.3 Å². The first kappa shape index (κ1) is 6.78. The Morgan fingerprint density at radius 2 is 2.25 bits per heavy atom. The Bertz CT molecular complexity index is 483. The van der Waals surface area contributed by atoms with E-state index in [2.05, 4.69) is 15.0 Å². The third-order valence-electron chi connectivity index (χ3n) is 1.63. The van der Waals surface area contributed by atoms with Crippen molar-refractivity contribution in [3.05, 3.63) is 28.4 Å². The number of carbonyl (C=O) groups is 1. The van der Waals surface area contributed by atoms with Crippen molar-refractivity contribution in [3.63, 3.8) is 0 Å². The number of aldehydes is 1. The summed E-state index contributed by atoms with van der Waals surface area (Å²) in [4.78, 5) is 30.5. The molecule has 0 spiro atoms. The van der Waals surface area contributed by atoms with E-state index in [4.69, 9.17) is 0 Å². The van der Waals surface area contributed by atoms with Gasteiger partial charge in [-0.3, -0.25) is 9.59 Å². The van der Waals surface area contributed by atoms with E-state index in [9.17, 15) is 9.59 Å². The second-order valence-electron chi connectivity index (χ2n) is 2.32. The van der Waals surface area contributed by atoms with E-state index in [0.29, 0.717) is 22.9 Å². The van der Waals surface area contributed by atoms with E-state index in [0.717, 1.165) is 0 Å². The first-order valence-corrected chi connectivity index (χ1v) is 3.33. The van der Waals surface area contributed by atoms with Crippen LogP contribution in [0.15, 0.2) is 17.3 Å². The SMILES string of the molecule is O=Cc1c[nH]c2nc[nH]c(=O)c12. The van der Waals surface area contributed by atoms with Gasteiger partial charge in [0.1, 0.15) is 5.65 Å². The number of H-pyrrole nitrogens is 2. The van der Waals surface area contributed by atoms with Crippen LogP contribution in [0.5, 0.6) is 0 Å². The van der Waals surface area contributed by atoms with Crippen molar-refractivity contribution in [1.29, 1.82) is 0 Å². The molecule has 0 bridgehead atoms. The Labute approximate surface area is 66.4 Å². The predicted octanol–water partition coefficient (Wildman–Crippen LogP) is 0.0637. The molecule has 0 aliphatic rings. The fraction of sp³-hybridized carbons (Fsp3) is 0. The van der Waals surface area contributed by atoms with Gasteiger partial charge in [0.25, 0.3) is 5.56 Å². The van der Waals surface area contributed by atoms with Crippen LogP contribution in [0.2, 0.25) is 0 Å². The number of hydrogen-bond acceptors (Lipinski definition) is 3. The van der Waals surface area contributed by atoms with Gasteiger partial charge in [0, 0.05) is 11.8 Å². The number of rotatable bonds is 1. The van der Waals surface area contributed by atoms with Crippen LogP contribution in [0.4, 0.5) is 0 Å². The molecule has 2 rings (SSSR count). The average molecular weight is 163 g/mol. The molecule has 5 nitrogen and oxygen atoms in total. The second kappa shape index (κ2) is 2.30. The molecule has 0 atom stereocenters. The summed E-state index contributed by atoms with van der Waals surface area (Å²) in [5.74, 6) is 0. The molecule has 0 aliphatic heterocycles. The summed E-state index contributed by atoms with van der Waals surface area (Å²) in [6, 6.07) is 0. The lowest BCUT2D eigenvalue weighted by atomic mass is 10.3. The monoisotopic (exact) mass is 163 g/mol. The molecule has 0 amide bonds. The summed E-state index contributed by atoms with van der Waals surface area (Å²) < 4.78 is 0. The minimum Gasteiger partial charge on any atom is -0.345 e. The standard InChI is InChI=1S/C7H5N3O2/c11-2-4-1-8-6-5(4)7(12)10-3-9-6/h1-3H,(H2,8,9,10,12). The van der Waals surface area contributed by atoms with Gasteiger partial charge in [-0.25, -0.2) is 4.98 Å². The van der Waals surface area contributed by atoms with E-state index in [-0.39, 0.29) is 5.56 Å². The molecule has 0 aliphatic carbocycles. The largest absolute Gasteiger partial charge is 0.345 e. The van der Waals surface area contributed by atoms with Crippen LogP contribution in [-0.4, -0.2) is 21.2 Å². The zero-order valence-corrected chi connectivity index (χ0v) is 6.00. The van der Waals surface area contributed by atoms with Crippen molar-refractivity contribution in [2.45, 2.75) is 0 Å². The number of nitrogens with zero attached hydrogens (tertiary/aromatic N) is 1. The predicted molar refractivity (Wildman–Crippen MR) is 42.1 cm³/mol. The molecule has 0 unspecified atom stereocenters. The summed E-state index contributed by atoms with van der Waals surface area (Å²) in [5.41, 5.74) is 0.462. The third-order valence-corrected chi connectivity index (χ3v) is 1.63. The van der Waals surface area contributed by atoms with Crippen LogP contribution < -0.4 is 5.56 Å². The number of fused-ring (bicyclic) bond motifs is 1. The van der Waals surface area contributed by atoms with Gasteiger partial charge in [-0.15, -0.1) is 0 Å². The summed E-state index contributed by atoms with van der Waals surface area (Å²) in [7, 11) is 0. The lowest BCUT2D eigenvalue weighted by Crippen LogP contribution is -2.06. The maximum atomic E-state index is 11.1. The van der Waals surface area contributed by atoms with Crippen LogP contribution >= 0.6 is 0 Å². The van der Waals surface area contributed by atoms with Crippen LogP contribution in [0.3, 0.4) is 0 Å². The molecule has 0 fully saturated rings. The Kier molecular flexibility index (Phi) is 1.30. The number of aromatic amines is 2. The zero-order valence-electron chi connectivity index (χ0n) is 6.00. The molecule has 2 aromatic heterocycles. The van der Waals surface area contributed by atoms with Crippen LogP contribution in [-0.2, 0) is 0 Å². The molecule has 60 valence electrons. The lowest BCUT2D eigenvalue weighted by molar-refractivity contribution is 0.112. The van der Waals surface area contributed by atoms with E-state index in [1.165, 1.54) is 12.5 Å². The van der Waals surface area contributed by atoms with Gasteiger partial charge < -0.3 is 9.97 Å². The zero-order chi connectivity index (χ0) is 8.55. The smallest absolute Gasteiger partial charge is 0.260 e. The maximum absolute atomic E-state index is 11.1. The molecular weight excluding hydrogens is 158 g/mol. The summed E-state index contributed by atoms with van der Waals surface area (Å²) >= 11 is 0. The van der Waals surface area contributed by atoms with Crippen molar-refractivity contribution in [2.75, 3.05) is 0 Å². The molecule has 2 aromatic rings. The topological polar surface area (TPSA) is 78.6 Å². The first-order chi connectivity index (χ1) is 5.83. The van der Waals surface area contributed by atoms with Crippen LogP contribution in [0.1, 0.15) is 10.4 Å². The van der Waals surface area contributed by atoms with Crippen molar-refractivity contribution < 1.29 is 4.79 Å². The summed E-state index contributed by atoms with van der Waals surface area (Å²) in [6.07, 6.45) is 3.37. The highest BCUT2D eigenvalue weighted by molar-refractivity contribution is 5.94. The molecular formula is C7H5N3O2. The van der Waals surface area contributed by atoms with E-state index in [1.807, 2.05) is 0 Å². The molecule has 2 N–H and O–H groups in total. The van der Waals surface area contributed by atoms with E-state index >= 15 is 0 Å². The summed E-state index contributed by atoms with van der Waals surface area (Å²) in [6.45, 7) is 0. The minimum absolute atomic E-state index is 0.302. The molecule has 0 saturated carbocycles. The fourth-order valence-electron chi connectivity index (χ4n) is 1.09. The van der Waals surface area contributed by atoms with Gasteiger partial charge in [-0.2, -0.15) is 0 Å². The number of hydrogen-bond donors (Lipinski definition) is 2. The van der Waals surface area contributed by atoms with Crippen molar-refractivity contribution in [3.8, 4) is 0 Å². The number of carbonyl (C=O) groups excluding carboxylic acids is 1. The highest BCUT2D eigenvalue weighted by Gasteiger charge is 2.05. The van der Waals surface area contributed by atoms with Gasteiger partial charge in [0.05, 0.1) is 11.7 Å². The molecule has 0 radical (unpaired) electrons.